The number of nitrogens with zero attached hydrogens (tertiary/aromatic N) is 3. The number of hydrogen-bond donors (Lipinski definition) is 1. The van der Waals surface area contributed by atoms with Gasteiger partial charge in [-0.2, -0.15) is 5.10 Å². The van der Waals surface area contributed by atoms with Crippen molar-refractivity contribution in [2.45, 2.75) is 31.7 Å². The Bertz CT molecular complexity index is 861. The lowest BCUT2D eigenvalue weighted by Crippen LogP contribution is -2.41. The SMILES string of the molecule is O=C(c1cc([C@@H]2CCCCN2C(=O)Cc2ccc(F)cc2)[nH]n1)N1CCOCC1. The second kappa shape index (κ2) is 8.73. The maximum Gasteiger partial charge on any atom is 0.274 e. The summed E-state index contributed by atoms with van der Waals surface area (Å²) in [6.07, 6.45) is 3.00. The molecular weight excluding hydrogens is 375 g/mol. The molecule has 2 aromatic rings. The van der Waals surface area contributed by atoms with E-state index < -0.39 is 0 Å². The molecule has 0 radical (unpaired) electrons. The van der Waals surface area contributed by atoms with E-state index in [1.807, 2.05) is 4.90 Å². The van der Waals surface area contributed by atoms with Crippen molar-refractivity contribution in [2.24, 2.45) is 0 Å². The number of carbonyl (C=O) groups excluding carboxylic acids is 2. The third-order valence-corrected chi connectivity index (χ3v) is 5.57. The highest BCUT2D eigenvalue weighted by Crippen LogP contribution is 2.31. The second-order valence-corrected chi connectivity index (χ2v) is 7.52. The minimum Gasteiger partial charge on any atom is -0.378 e. The minimum absolute atomic E-state index is 0.00281. The van der Waals surface area contributed by atoms with Gasteiger partial charge in [0.1, 0.15) is 11.5 Å². The fourth-order valence-corrected chi connectivity index (χ4v) is 3.98. The molecule has 29 heavy (non-hydrogen) atoms. The predicted octanol–water partition coefficient (Wildman–Crippen LogP) is 2.32. The Hall–Kier alpha value is -2.74. The summed E-state index contributed by atoms with van der Waals surface area (Å²) in [5.74, 6) is -0.431. The average molecular weight is 400 g/mol. The Labute approximate surface area is 168 Å². The maximum atomic E-state index is 13.1. The molecule has 2 amide bonds. The molecule has 2 aliphatic rings. The number of rotatable bonds is 4. The molecule has 8 heteroatoms. The number of benzene rings is 1. The molecule has 0 saturated carbocycles. The molecule has 4 rings (SSSR count). The number of aromatic amines is 1. The third kappa shape index (κ3) is 4.48. The van der Waals surface area contributed by atoms with Crippen LogP contribution >= 0.6 is 0 Å². The van der Waals surface area contributed by atoms with E-state index in [0.29, 0.717) is 38.5 Å². The molecule has 1 N–H and O–H groups in total. The van der Waals surface area contributed by atoms with E-state index in [1.165, 1.54) is 12.1 Å². The smallest absolute Gasteiger partial charge is 0.274 e. The molecule has 1 aromatic heterocycles. The molecule has 2 fully saturated rings. The molecular formula is C21H25FN4O3. The zero-order valence-electron chi connectivity index (χ0n) is 16.3. The van der Waals surface area contributed by atoms with Crippen LogP contribution in [0, 0.1) is 5.82 Å². The molecule has 0 bridgehead atoms. The number of hydrogen-bond acceptors (Lipinski definition) is 4. The molecule has 2 saturated heterocycles. The zero-order valence-corrected chi connectivity index (χ0v) is 16.3. The summed E-state index contributed by atoms with van der Waals surface area (Å²) in [7, 11) is 0. The van der Waals surface area contributed by atoms with Crippen molar-refractivity contribution in [3.8, 4) is 0 Å². The highest BCUT2D eigenvalue weighted by Gasteiger charge is 2.30. The summed E-state index contributed by atoms with van der Waals surface area (Å²) in [6.45, 7) is 2.87. The fourth-order valence-electron chi connectivity index (χ4n) is 3.98. The monoisotopic (exact) mass is 400 g/mol. The van der Waals surface area contributed by atoms with Gasteiger partial charge in [0.25, 0.3) is 5.91 Å². The molecule has 1 atom stereocenters. The number of halogens is 1. The van der Waals surface area contributed by atoms with E-state index >= 15 is 0 Å². The van der Waals surface area contributed by atoms with E-state index in [1.54, 1.807) is 23.1 Å². The zero-order chi connectivity index (χ0) is 20.2. The number of H-pyrrole nitrogens is 1. The summed E-state index contributed by atoms with van der Waals surface area (Å²) >= 11 is 0. The van der Waals surface area contributed by atoms with Crippen LogP contribution in [-0.4, -0.2) is 64.7 Å². The Kier molecular flexibility index (Phi) is 5.89. The van der Waals surface area contributed by atoms with Gasteiger partial charge in [-0.1, -0.05) is 12.1 Å². The van der Waals surface area contributed by atoms with Crippen LogP contribution in [-0.2, 0) is 16.0 Å². The van der Waals surface area contributed by atoms with Crippen molar-refractivity contribution in [2.75, 3.05) is 32.8 Å². The number of piperidine rings is 1. The molecule has 0 aliphatic carbocycles. The molecule has 3 heterocycles. The first-order valence-electron chi connectivity index (χ1n) is 10.1. The van der Waals surface area contributed by atoms with Crippen molar-refractivity contribution in [1.29, 1.82) is 0 Å². The van der Waals surface area contributed by atoms with E-state index in [4.69, 9.17) is 4.74 Å². The summed E-state index contributed by atoms with van der Waals surface area (Å²) in [4.78, 5) is 29.2. The first kappa shape index (κ1) is 19.6. The van der Waals surface area contributed by atoms with Crippen LogP contribution in [0.4, 0.5) is 4.39 Å². The number of morpholine rings is 1. The number of aromatic nitrogens is 2. The van der Waals surface area contributed by atoms with Crippen molar-refractivity contribution in [1.82, 2.24) is 20.0 Å². The number of ether oxygens (including phenoxy) is 1. The van der Waals surface area contributed by atoms with Crippen molar-refractivity contribution >= 4 is 11.8 Å². The Morgan fingerprint density at radius 2 is 1.90 bits per heavy atom. The quantitative estimate of drug-likeness (QED) is 0.854. The molecule has 2 aliphatic heterocycles. The van der Waals surface area contributed by atoms with Gasteiger partial charge in [0, 0.05) is 19.6 Å². The van der Waals surface area contributed by atoms with Crippen molar-refractivity contribution in [3.63, 3.8) is 0 Å². The van der Waals surface area contributed by atoms with Crippen LogP contribution in [0.5, 0.6) is 0 Å². The molecule has 7 nitrogen and oxygen atoms in total. The third-order valence-electron chi connectivity index (χ3n) is 5.57. The van der Waals surface area contributed by atoms with Crippen LogP contribution in [0.2, 0.25) is 0 Å². The second-order valence-electron chi connectivity index (χ2n) is 7.52. The van der Waals surface area contributed by atoms with Crippen LogP contribution < -0.4 is 0 Å². The van der Waals surface area contributed by atoms with Gasteiger partial charge >= 0.3 is 0 Å². The first-order chi connectivity index (χ1) is 14.1. The van der Waals surface area contributed by atoms with E-state index in [9.17, 15) is 14.0 Å². The highest BCUT2D eigenvalue weighted by molar-refractivity contribution is 5.92. The summed E-state index contributed by atoms with van der Waals surface area (Å²) in [6, 6.07) is 7.66. The number of carbonyl (C=O) groups is 2. The van der Waals surface area contributed by atoms with Gasteiger partial charge in [-0.15, -0.1) is 0 Å². The van der Waals surface area contributed by atoms with Gasteiger partial charge in [-0.3, -0.25) is 14.7 Å². The van der Waals surface area contributed by atoms with Gasteiger partial charge in [0.15, 0.2) is 0 Å². The van der Waals surface area contributed by atoms with Crippen LogP contribution in [0.25, 0.3) is 0 Å². The van der Waals surface area contributed by atoms with Gasteiger partial charge in [-0.05, 0) is 43.0 Å². The Morgan fingerprint density at radius 3 is 2.66 bits per heavy atom. The first-order valence-corrected chi connectivity index (χ1v) is 10.1. The van der Waals surface area contributed by atoms with Gasteiger partial charge in [0.2, 0.25) is 5.91 Å². The maximum absolute atomic E-state index is 13.1. The van der Waals surface area contributed by atoms with Crippen LogP contribution in [0.3, 0.4) is 0 Å². The number of amides is 2. The lowest BCUT2D eigenvalue weighted by Gasteiger charge is -2.35. The number of likely N-dealkylation sites (tertiary alicyclic amines) is 1. The summed E-state index contributed by atoms with van der Waals surface area (Å²) < 4.78 is 18.4. The summed E-state index contributed by atoms with van der Waals surface area (Å²) in [5, 5.41) is 7.20. The van der Waals surface area contributed by atoms with E-state index in [2.05, 4.69) is 10.2 Å². The van der Waals surface area contributed by atoms with Gasteiger partial charge < -0.3 is 14.5 Å². The molecule has 154 valence electrons. The largest absolute Gasteiger partial charge is 0.378 e. The standard InChI is InChI=1S/C21H25FN4O3/c22-16-6-4-15(5-7-16)13-20(27)26-8-2-1-3-19(26)17-14-18(24-23-17)21(28)25-9-11-29-12-10-25/h4-7,14,19H,1-3,8-13H2,(H,23,24)/t19-/m0/s1. The Balaban J connectivity index is 1.47. The lowest BCUT2D eigenvalue weighted by molar-refractivity contribution is -0.134. The van der Waals surface area contributed by atoms with E-state index in [0.717, 1.165) is 30.5 Å². The lowest BCUT2D eigenvalue weighted by atomic mass is 9.98. The highest BCUT2D eigenvalue weighted by atomic mass is 19.1. The Morgan fingerprint density at radius 1 is 1.14 bits per heavy atom. The summed E-state index contributed by atoms with van der Waals surface area (Å²) in [5.41, 5.74) is 1.95. The molecule has 0 unspecified atom stereocenters. The van der Waals surface area contributed by atoms with Crippen LogP contribution in [0.15, 0.2) is 30.3 Å². The average Bonchev–Trinajstić information content (AvgIpc) is 3.25. The van der Waals surface area contributed by atoms with Crippen molar-refractivity contribution in [3.05, 3.63) is 53.1 Å². The normalized spacial score (nSPS) is 20.0. The number of nitrogens with one attached hydrogen (secondary N) is 1. The molecule has 1 aromatic carbocycles. The van der Waals surface area contributed by atoms with Crippen LogP contribution in [0.1, 0.15) is 47.1 Å². The fraction of sp³-hybridized carbons (Fsp3) is 0.476. The predicted molar refractivity (Wildman–Crippen MR) is 104 cm³/mol. The van der Waals surface area contributed by atoms with Gasteiger partial charge in [-0.25, -0.2) is 4.39 Å². The van der Waals surface area contributed by atoms with E-state index in [-0.39, 0.29) is 30.1 Å². The van der Waals surface area contributed by atoms with Gasteiger partial charge in [0.05, 0.1) is 31.4 Å². The topological polar surface area (TPSA) is 78.5 Å². The minimum atomic E-state index is -0.313. The van der Waals surface area contributed by atoms with Crippen molar-refractivity contribution < 1.29 is 18.7 Å². The molecule has 0 spiro atoms.